The predicted molar refractivity (Wildman–Crippen MR) is 89.0 cm³/mol. The molecule has 1 nitrogen and oxygen atoms in total. The van der Waals surface area contributed by atoms with Gasteiger partial charge in [-0.3, -0.25) is 0 Å². The van der Waals surface area contributed by atoms with Crippen LogP contribution in [0.3, 0.4) is 0 Å². The van der Waals surface area contributed by atoms with Crippen molar-refractivity contribution in [3.63, 3.8) is 0 Å². The third-order valence-electron chi connectivity index (χ3n) is 4.23. The molecule has 0 saturated carbocycles. The Kier molecular flexibility index (Phi) is 13.4. The summed E-state index contributed by atoms with van der Waals surface area (Å²) >= 11 is 5.99. The summed E-state index contributed by atoms with van der Waals surface area (Å²) in [6.07, 6.45) is 13.9. The maximum Gasteiger partial charge on any atom is 0.0922 e. The fourth-order valence-electron chi connectivity index (χ4n) is 2.73. The Hall–Kier alpha value is 0.250. The molecule has 1 atom stereocenters. The van der Waals surface area contributed by atoms with Crippen LogP contribution in [0, 0.1) is 0 Å². The molecule has 0 saturated heterocycles. The molecule has 0 radical (unpaired) electrons. The lowest BCUT2D eigenvalue weighted by Crippen LogP contribution is -2.47. The SMILES string of the molecule is CCCCCCCC[N+](C)(CCCl)CCCCCC. The zero-order chi connectivity index (χ0) is 14.4. The molecule has 0 amide bonds. The second kappa shape index (κ2) is 13.2. The van der Waals surface area contributed by atoms with E-state index in [4.69, 9.17) is 11.6 Å². The van der Waals surface area contributed by atoms with Crippen molar-refractivity contribution in [2.24, 2.45) is 0 Å². The Labute approximate surface area is 127 Å². The number of unbranched alkanes of at least 4 members (excludes halogenated alkanes) is 8. The van der Waals surface area contributed by atoms with Crippen LogP contribution in [-0.2, 0) is 0 Å². The third-order valence-corrected chi connectivity index (χ3v) is 4.40. The molecule has 0 aliphatic rings. The second-order valence-corrected chi connectivity index (χ2v) is 6.69. The van der Waals surface area contributed by atoms with Crippen molar-refractivity contribution in [1.29, 1.82) is 0 Å². The van der Waals surface area contributed by atoms with E-state index in [1.54, 1.807) is 0 Å². The number of hydrogen-bond donors (Lipinski definition) is 0. The van der Waals surface area contributed by atoms with Crippen LogP contribution in [0.4, 0.5) is 0 Å². The molecule has 0 aliphatic carbocycles. The normalized spacial score (nSPS) is 14.5. The first-order valence-corrected chi connectivity index (χ1v) is 9.11. The molecule has 0 aromatic carbocycles. The van der Waals surface area contributed by atoms with E-state index in [1.165, 1.54) is 81.8 Å². The maximum atomic E-state index is 5.99. The van der Waals surface area contributed by atoms with Crippen molar-refractivity contribution >= 4 is 11.6 Å². The van der Waals surface area contributed by atoms with Crippen molar-refractivity contribution in [3.8, 4) is 0 Å². The van der Waals surface area contributed by atoms with Gasteiger partial charge in [0.15, 0.2) is 0 Å². The van der Waals surface area contributed by atoms with Crippen LogP contribution in [0.2, 0.25) is 0 Å². The van der Waals surface area contributed by atoms with Gasteiger partial charge in [0.25, 0.3) is 0 Å². The summed E-state index contributed by atoms with van der Waals surface area (Å²) in [4.78, 5) is 0. The Morgan fingerprint density at radius 2 is 1.05 bits per heavy atom. The quantitative estimate of drug-likeness (QED) is 0.221. The Morgan fingerprint density at radius 3 is 1.53 bits per heavy atom. The molecule has 19 heavy (non-hydrogen) atoms. The fourth-order valence-corrected chi connectivity index (χ4v) is 3.14. The summed E-state index contributed by atoms with van der Waals surface area (Å²) in [6, 6.07) is 0. The molecule has 2 heteroatoms. The highest BCUT2D eigenvalue weighted by molar-refractivity contribution is 6.17. The van der Waals surface area contributed by atoms with Gasteiger partial charge < -0.3 is 4.48 Å². The van der Waals surface area contributed by atoms with E-state index in [0.717, 1.165) is 12.4 Å². The minimum atomic E-state index is 0.806. The van der Waals surface area contributed by atoms with Crippen LogP contribution in [0.5, 0.6) is 0 Å². The first kappa shape index (κ1) is 19.2. The highest BCUT2D eigenvalue weighted by Gasteiger charge is 2.19. The van der Waals surface area contributed by atoms with Crippen molar-refractivity contribution < 1.29 is 4.48 Å². The molecular formula is C17H37ClN+. The highest BCUT2D eigenvalue weighted by Crippen LogP contribution is 2.13. The zero-order valence-corrected chi connectivity index (χ0v) is 14.5. The Balaban J connectivity index is 3.74. The van der Waals surface area contributed by atoms with Gasteiger partial charge in [-0.25, -0.2) is 0 Å². The minimum absolute atomic E-state index is 0.806. The summed E-state index contributed by atoms with van der Waals surface area (Å²) < 4.78 is 1.20. The summed E-state index contributed by atoms with van der Waals surface area (Å²) in [5.41, 5.74) is 0. The molecule has 0 N–H and O–H groups in total. The summed E-state index contributed by atoms with van der Waals surface area (Å²) in [6.45, 7) is 8.35. The largest absolute Gasteiger partial charge is 0.325 e. The second-order valence-electron chi connectivity index (χ2n) is 6.31. The molecule has 116 valence electrons. The number of nitrogens with zero attached hydrogens (tertiary/aromatic N) is 1. The molecule has 0 aliphatic heterocycles. The highest BCUT2D eigenvalue weighted by atomic mass is 35.5. The molecule has 0 spiro atoms. The van der Waals surface area contributed by atoms with Crippen LogP contribution in [-0.4, -0.2) is 37.0 Å². The van der Waals surface area contributed by atoms with Gasteiger partial charge >= 0.3 is 0 Å². The van der Waals surface area contributed by atoms with Crippen LogP contribution >= 0.6 is 11.6 Å². The molecule has 0 aromatic heterocycles. The average molecular weight is 291 g/mol. The Bertz CT molecular complexity index is 184. The van der Waals surface area contributed by atoms with Crippen molar-refractivity contribution in [2.75, 3.05) is 32.6 Å². The van der Waals surface area contributed by atoms with Crippen molar-refractivity contribution in [1.82, 2.24) is 0 Å². The average Bonchev–Trinajstić information content (AvgIpc) is 2.39. The molecule has 0 bridgehead atoms. The first-order valence-electron chi connectivity index (χ1n) is 8.58. The van der Waals surface area contributed by atoms with Gasteiger partial charge in [0.1, 0.15) is 0 Å². The minimum Gasteiger partial charge on any atom is -0.325 e. The van der Waals surface area contributed by atoms with Crippen LogP contribution < -0.4 is 0 Å². The number of hydrogen-bond acceptors (Lipinski definition) is 0. The smallest absolute Gasteiger partial charge is 0.0922 e. The lowest BCUT2D eigenvalue weighted by Gasteiger charge is -2.34. The van der Waals surface area contributed by atoms with E-state index in [1.807, 2.05) is 0 Å². The van der Waals surface area contributed by atoms with Crippen LogP contribution in [0.15, 0.2) is 0 Å². The van der Waals surface area contributed by atoms with Crippen LogP contribution in [0.25, 0.3) is 0 Å². The van der Waals surface area contributed by atoms with Crippen molar-refractivity contribution in [2.45, 2.75) is 78.1 Å². The van der Waals surface area contributed by atoms with E-state index in [2.05, 4.69) is 20.9 Å². The molecular weight excluding hydrogens is 254 g/mol. The fraction of sp³-hybridized carbons (Fsp3) is 1.00. The number of rotatable bonds is 14. The van der Waals surface area contributed by atoms with Crippen molar-refractivity contribution in [3.05, 3.63) is 0 Å². The van der Waals surface area contributed by atoms with E-state index in [9.17, 15) is 0 Å². The molecule has 0 aromatic rings. The topological polar surface area (TPSA) is 0 Å². The van der Waals surface area contributed by atoms with E-state index >= 15 is 0 Å². The van der Waals surface area contributed by atoms with Gasteiger partial charge in [0, 0.05) is 0 Å². The number of alkyl halides is 1. The summed E-state index contributed by atoms with van der Waals surface area (Å²) in [7, 11) is 2.40. The zero-order valence-electron chi connectivity index (χ0n) is 13.7. The van der Waals surface area contributed by atoms with Gasteiger partial charge in [-0.2, -0.15) is 0 Å². The van der Waals surface area contributed by atoms with Crippen LogP contribution in [0.1, 0.15) is 78.1 Å². The lowest BCUT2D eigenvalue weighted by molar-refractivity contribution is -0.907. The van der Waals surface area contributed by atoms with E-state index in [0.29, 0.717) is 0 Å². The van der Waals surface area contributed by atoms with Gasteiger partial charge in [-0.05, 0) is 25.7 Å². The van der Waals surface area contributed by atoms with Gasteiger partial charge in [0.2, 0.25) is 0 Å². The molecule has 0 heterocycles. The lowest BCUT2D eigenvalue weighted by atomic mass is 10.1. The van der Waals surface area contributed by atoms with E-state index in [-0.39, 0.29) is 0 Å². The molecule has 0 fully saturated rings. The van der Waals surface area contributed by atoms with Gasteiger partial charge in [-0.1, -0.05) is 52.4 Å². The van der Waals surface area contributed by atoms with E-state index < -0.39 is 0 Å². The standard InChI is InChI=1S/C17H37ClN/c1-4-6-8-10-11-13-16-19(3,17-14-18)15-12-9-7-5-2/h4-17H2,1-3H3/q+1. The Morgan fingerprint density at radius 1 is 0.632 bits per heavy atom. The number of halogens is 1. The first-order chi connectivity index (χ1) is 9.18. The summed E-state index contributed by atoms with van der Waals surface area (Å²) in [5.74, 6) is 0.806. The summed E-state index contributed by atoms with van der Waals surface area (Å²) in [5, 5.41) is 0. The van der Waals surface area contributed by atoms with Gasteiger partial charge in [0.05, 0.1) is 32.6 Å². The molecule has 1 unspecified atom stereocenters. The molecule has 0 rings (SSSR count). The monoisotopic (exact) mass is 290 g/mol. The maximum absolute atomic E-state index is 5.99. The van der Waals surface area contributed by atoms with Gasteiger partial charge in [-0.15, -0.1) is 11.6 Å². The predicted octanol–water partition coefficient (Wildman–Crippen LogP) is 5.61. The third kappa shape index (κ3) is 11.8. The number of quaternary nitrogens is 1.